The Morgan fingerprint density at radius 1 is 1.09 bits per heavy atom. The highest BCUT2D eigenvalue weighted by molar-refractivity contribution is 6.09. The molecule has 0 aliphatic carbocycles. The number of rotatable bonds is 6. The van der Waals surface area contributed by atoms with E-state index in [0.717, 1.165) is 55.2 Å². The number of aryl methyl sites for hydroxylation is 1. The van der Waals surface area contributed by atoms with E-state index >= 15 is 0 Å². The zero-order chi connectivity index (χ0) is 24.4. The fraction of sp³-hybridized carbons (Fsp3) is 0.286. The Bertz CT molecular complexity index is 1340. The average Bonchev–Trinajstić information content (AvgIpc) is 3.25. The fourth-order valence-electron chi connectivity index (χ4n) is 4.57. The molecule has 0 spiro atoms. The minimum Gasteiger partial charge on any atom is -0.507 e. The molecule has 2 heterocycles. The van der Waals surface area contributed by atoms with Crippen molar-refractivity contribution in [1.82, 2.24) is 15.1 Å². The molecule has 1 aliphatic heterocycles. The van der Waals surface area contributed by atoms with Crippen LogP contribution in [0, 0.1) is 6.92 Å². The van der Waals surface area contributed by atoms with Gasteiger partial charge in [-0.3, -0.25) is 14.8 Å². The van der Waals surface area contributed by atoms with E-state index in [0.29, 0.717) is 11.9 Å². The zero-order valence-corrected chi connectivity index (χ0v) is 20.1. The van der Waals surface area contributed by atoms with Gasteiger partial charge < -0.3 is 14.7 Å². The number of benzene rings is 3. The van der Waals surface area contributed by atoms with E-state index in [4.69, 9.17) is 4.74 Å². The van der Waals surface area contributed by atoms with Gasteiger partial charge in [0.1, 0.15) is 5.75 Å². The number of amides is 1. The number of aromatic nitrogens is 2. The van der Waals surface area contributed by atoms with Crippen molar-refractivity contribution in [2.75, 3.05) is 38.3 Å². The van der Waals surface area contributed by atoms with E-state index in [1.165, 1.54) is 11.1 Å². The van der Waals surface area contributed by atoms with Crippen molar-refractivity contribution < 1.29 is 14.6 Å². The number of H-pyrrole nitrogens is 1. The van der Waals surface area contributed by atoms with E-state index in [9.17, 15) is 9.90 Å². The van der Waals surface area contributed by atoms with Crippen molar-refractivity contribution in [3.05, 3.63) is 88.6 Å². The smallest absolute Gasteiger partial charge is 0.261 e. The van der Waals surface area contributed by atoms with Crippen molar-refractivity contribution >= 4 is 22.5 Å². The summed E-state index contributed by atoms with van der Waals surface area (Å²) in [6.45, 7) is 6.33. The molecule has 7 heteroatoms. The molecule has 7 nitrogen and oxygen atoms in total. The first-order valence-corrected chi connectivity index (χ1v) is 11.9. The second kappa shape index (κ2) is 9.90. The molecule has 35 heavy (non-hydrogen) atoms. The van der Waals surface area contributed by atoms with Crippen LogP contribution in [0.3, 0.4) is 0 Å². The number of carbonyl (C=O) groups excluding carboxylic acids is 1. The first kappa shape index (κ1) is 23.1. The van der Waals surface area contributed by atoms with Gasteiger partial charge in [-0.2, -0.15) is 5.10 Å². The number of hydrogen-bond donors (Lipinski definition) is 2. The van der Waals surface area contributed by atoms with Gasteiger partial charge in [0.2, 0.25) is 0 Å². The van der Waals surface area contributed by atoms with Crippen molar-refractivity contribution in [2.24, 2.45) is 0 Å². The number of aromatic amines is 1. The Morgan fingerprint density at radius 2 is 1.86 bits per heavy atom. The lowest BCUT2D eigenvalue weighted by Gasteiger charge is -2.26. The third-order valence-electron chi connectivity index (χ3n) is 6.58. The Balaban J connectivity index is 1.36. The topological polar surface area (TPSA) is 81.7 Å². The molecule has 1 fully saturated rings. The molecular formula is C28H30N4O3. The number of nitrogens with zero attached hydrogens (tertiary/aromatic N) is 3. The number of carbonyl (C=O) groups is 1. The Morgan fingerprint density at radius 3 is 2.60 bits per heavy atom. The minimum absolute atomic E-state index is 0.0657. The van der Waals surface area contributed by atoms with E-state index in [1.54, 1.807) is 24.1 Å². The monoisotopic (exact) mass is 470 g/mol. The SMILES string of the molecule is Cc1cccc(Cc2n[nH]c3cc(O)c(C(=O)N(C)c4ccc(CN5CCOCC5)cc4)cc23)c1. The molecule has 0 bridgehead atoms. The summed E-state index contributed by atoms with van der Waals surface area (Å²) in [4.78, 5) is 17.3. The summed E-state index contributed by atoms with van der Waals surface area (Å²) < 4.78 is 5.42. The van der Waals surface area contributed by atoms with Gasteiger partial charge in [0.05, 0.1) is 30.0 Å². The lowest BCUT2D eigenvalue weighted by Crippen LogP contribution is -2.35. The van der Waals surface area contributed by atoms with E-state index in [1.807, 2.05) is 30.3 Å². The van der Waals surface area contributed by atoms with Crippen LogP contribution in [-0.4, -0.2) is 59.5 Å². The molecule has 2 N–H and O–H groups in total. The standard InChI is InChI=1S/C28H30N4O3/c1-19-4-3-5-21(14-19)15-25-23-16-24(27(33)17-26(23)30-29-25)28(34)31(2)22-8-6-20(7-9-22)18-32-10-12-35-13-11-32/h3-9,14,16-17,33H,10-13,15,18H2,1-2H3,(H,29,30). The number of aromatic hydroxyl groups is 1. The molecule has 0 atom stereocenters. The molecule has 0 saturated carbocycles. The number of fused-ring (bicyclic) bond motifs is 1. The molecule has 1 aromatic heterocycles. The van der Waals surface area contributed by atoms with Crippen molar-refractivity contribution in [1.29, 1.82) is 0 Å². The highest BCUT2D eigenvalue weighted by atomic mass is 16.5. The van der Waals surface area contributed by atoms with Crippen LogP contribution in [0.5, 0.6) is 5.75 Å². The Kier molecular flexibility index (Phi) is 6.53. The number of phenols is 1. The number of phenolic OH excluding ortho intramolecular Hbond substituents is 1. The van der Waals surface area contributed by atoms with Crippen LogP contribution in [0.2, 0.25) is 0 Å². The molecule has 4 aromatic rings. The van der Waals surface area contributed by atoms with Crippen LogP contribution in [0.4, 0.5) is 5.69 Å². The Labute approximate surface area is 204 Å². The van der Waals surface area contributed by atoms with Crippen LogP contribution in [-0.2, 0) is 17.7 Å². The van der Waals surface area contributed by atoms with Crippen molar-refractivity contribution in [2.45, 2.75) is 19.9 Å². The number of nitrogens with one attached hydrogen (secondary N) is 1. The summed E-state index contributed by atoms with van der Waals surface area (Å²) in [5, 5.41) is 18.9. The van der Waals surface area contributed by atoms with E-state index in [2.05, 4.69) is 40.2 Å². The fourth-order valence-corrected chi connectivity index (χ4v) is 4.57. The number of anilines is 1. The molecule has 3 aromatic carbocycles. The summed E-state index contributed by atoms with van der Waals surface area (Å²) >= 11 is 0. The van der Waals surface area contributed by atoms with E-state index in [-0.39, 0.29) is 17.2 Å². The highest BCUT2D eigenvalue weighted by Crippen LogP contribution is 2.29. The first-order chi connectivity index (χ1) is 17.0. The third kappa shape index (κ3) is 5.06. The van der Waals surface area contributed by atoms with Crippen LogP contribution in [0.15, 0.2) is 60.7 Å². The largest absolute Gasteiger partial charge is 0.507 e. The highest BCUT2D eigenvalue weighted by Gasteiger charge is 2.20. The van der Waals surface area contributed by atoms with Gasteiger partial charge in [-0.1, -0.05) is 42.0 Å². The maximum absolute atomic E-state index is 13.4. The summed E-state index contributed by atoms with van der Waals surface area (Å²) in [5.41, 5.74) is 6.10. The molecule has 0 unspecified atom stereocenters. The molecule has 1 aliphatic rings. The summed E-state index contributed by atoms with van der Waals surface area (Å²) in [6, 6.07) is 19.6. The van der Waals surface area contributed by atoms with Crippen LogP contribution >= 0.6 is 0 Å². The molecule has 0 radical (unpaired) electrons. The average molecular weight is 471 g/mol. The van der Waals surface area contributed by atoms with Gasteiger partial charge in [0.25, 0.3) is 5.91 Å². The van der Waals surface area contributed by atoms with Gasteiger partial charge in [-0.25, -0.2) is 0 Å². The normalized spacial score (nSPS) is 14.3. The summed E-state index contributed by atoms with van der Waals surface area (Å²) in [6.07, 6.45) is 0.639. The van der Waals surface area contributed by atoms with Gasteiger partial charge in [-0.15, -0.1) is 0 Å². The second-order valence-electron chi connectivity index (χ2n) is 9.17. The van der Waals surface area contributed by atoms with Crippen LogP contribution < -0.4 is 4.90 Å². The lowest BCUT2D eigenvalue weighted by atomic mass is 10.0. The van der Waals surface area contributed by atoms with Gasteiger partial charge in [0.15, 0.2) is 0 Å². The Hall–Kier alpha value is -3.68. The molecular weight excluding hydrogens is 440 g/mol. The molecule has 5 rings (SSSR count). The maximum atomic E-state index is 13.4. The number of hydrogen-bond acceptors (Lipinski definition) is 5. The molecule has 1 amide bonds. The molecule has 1 saturated heterocycles. The zero-order valence-electron chi connectivity index (χ0n) is 20.1. The van der Waals surface area contributed by atoms with Gasteiger partial charge in [-0.05, 0) is 36.2 Å². The predicted octanol–water partition coefficient (Wildman–Crippen LogP) is 4.28. The second-order valence-corrected chi connectivity index (χ2v) is 9.17. The maximum Gasteiger partial charge on any atom is 0.261 e. The van der Waals surface area contributed by atoms with Gasteiger partial charge >= 0.3 is 0 Å². The van der Waals surface area contributed by atoms with Crippen molar-refractivity contribution in [3.8, 4) is 5.75 Å². The van der Waals surface area contributed by atoms with Gasteiger partial charge in [0, 0.05) is 50.2 Å². The van der Waals surface area contributed by atoms with Crippen LogP contribution in [0.25, 0.3) is 10.9 Å². The predicted molar refractivity (Wildman–Crippen MR) is 137 cm³/mol. The third-order valence-corrected chi connectivity index (χ3v) is 6.58. The minimum atomic E-state index is -0.270. The summed E-state index contributed by atoms with van der Waals surface area (Å²) in [5.74, 6) is -0.336. The number of ether oxygens (including phenoxy) is 1. The lowest BCUT2D eigenvalue weighted by molar-refractivity contribution is 0.0342. The van der Waals surface area contributed by atoms with Crippen LogP contribution in [0.1, 0.15) is 32.7 Å². The molecule has 180 valence electrons. The first-order valence-electron chi connectivity index (χ1n) is 11.9. The van der Waals surface area contributed by atoms with E-state index < -0.39 is 0 Å². The summed E-state index contributed by atoms with van der Waals surface area (Å²) in [7, 11) is 1.73. The van der Waals surface area contributed by atoms with Crippen molar-refractivity contribution in [3.63, 3.8) is 0 Å². The quantitative estimate of drug-likeness (QED) is 0.440. The number of morpholine rings is 1.